The van der Waals surface area contributed by atoms with E-state index in [1.54, 1.807) is 0 Å². The van der Waals surface area contributed by atoms with E-state index in [9.17, 15) is 4.79 Å². The number of carbonyl (C=O) groups is 1. The van der Waals surface area contributed by atoms with Gasteiger partial charge in [0.2, 0.25) is 0 Å². The monoisotopic (exact) mass is 453 g/mol. The molecule has 0 aliphatic carbocycles. The first-order valence-corrected chi connectivity index (χ1v) is 9.55. The zero-order valence-corrected chi connectivity index (χ0v) is 17.0. The van der Waals surface area contributed by atoms with E-state index in [-0.39, 0.29) is 12.5 Å². The highest BCUT2D eigenvalue weighted by atomic mass is 79.9. The number of halogens is 2. The van der Waals surface area contributed by atoms with Crippen LogP contribution in [0.25, 0.3) is 0 Å². The van der Waals surface area contributed by atoms with Crippen LogP contribution in [0.15, 0.2) is 45.3 Å². The van der Waals surface area contributed by atoms with Crippen LogP contribution in [0.4, 0.5) is 5.69 Å². The maximum atomic E-state index is 12.1. The molecular weight excluding hydrogens is 434 g/mol. The van der Waals surface area contributed by atoms with Crippen molar-refractivity contribution in [1.29, 1.82) is 0 Å². The summed E-state index contributed by atoms with van der Waals surface area (Å²) < 4.78 is 7.30. The zero-order chi connectivity index (χ0) is 17.5. The molecule has 128 valence electrons. The molecule has 0 spiro atoms. The number of benzene rings is 2. The van der Waals surface area contributed by atoms with Crippen molar-refractivity contribution < 1.29 is 9.53 Å². The minimum atomic E-state index is -0.190. The van der Waals surface area contributed by atoms with Gasteiger partial charge in [0.15, 0.2) is 6.61 Å². The van der Waals surface area contributed by atoms with Crippen molar-refractivity contribution in [1.82, 2.24) is 0 Å². The smallest absolute Gasteiger partial charge is 0.262 e. The van der Waals surface area contributed by atoms with Gasteiger partial charge in [-0.3, -0.25) is 4.79 Å². The van der Waals surface area contributed by atoms with Crippen molar-refractivity contribution in [3.8, 4) is 5.75 Å². The molecule has 0 fully saturated rings. The van der Waals surface area contributed by atoms with Gasteiger partial charge in [-0.05, 0) is 87.0 Å². The van der Waals surface area contributed by atoms with Crippen LogP contribution in [0.2, 0.25) is 0 Å². The van der Waals surface area contributed by atoms with E-state index >= 15 is 0 Å². The Balaban J connectivity index is 1.92. The molecule has 0 atom stereocenters. The highest BCUT2D eigenvalue weighted by Gasteiger charge is 2.09. The number of hydrogen-bond donors (Lipinski definition) is 1. The summed E-state index contributed by atoms with van der Waals surface area (Å²) >= 11 is 6.96. The lowest BCUT2D eigenvalue weighted by molar-refractivity contribution is -0.118. The van der Waals surface area contributed by atoms with Gasteiger partial charge in [0, 0.05) is 4.47 Å². The summed E-state index contributed by atoms with van der Waals surface area (Å²) in [7, 11) is 0. The third-order valence-corrected chi connectivity index (χ3v) is 4.85. The molecule has 1 N–H and O–H groups in total. The van der Waals surface area contributed by atoms with Crippen molar-refractivity contribution >= 4 is 43.5 Å². The topological polar surface area (TPSA) is 38.3 Å². The second kappa shape index (κ2) is 9.23. The Hall–Kier alpha value is -1.33. The minimum Gasteiger partial charge on any atom is -0.483 e. The minimum absolute atomic E-state index is 0.0360. The van der Waals surface area contributed by atoms with Crippen LogP contribution in [0, 0.1) is 6.92 Å². The standard InChI is InChI=1S/C19H21Br2NO2/c1-3-4-5-14-7-8-17(15(20)11-14)22-19(23)12-24-18-9-6-13(2)10-16(18)21/h6-11H,3-5,12H2,1-2H3,(H,22,23). The Morgan fingerprint density at radius 1 is 1.12 bits per heavy atom. The predicted molar refractivity (Wildman–Crippen MR) is 106 cm³/mol. The maximum absolute atomic E-state index is 12.1. The molecule has 0 saturated heterocycles. The Bertz CT molecular complexity index is 717. The molecule has 0 radical (unpaired) electrons. The molecule has 0 bridgehead atoms. The fourth-order valence-electron chi connectivity index (χ4n) is 2.25. The Labute approximate surface area is 160 Å². The number of carbonyl (C=O) groups excluding carboxylic acids is 1. The zero-order valence-electron chi connectivity index (χ0n) is 13.9. The van der Waals surface area contributed by atoms with Gasteiger partial charge in [-0.25, -0.2) is 0 Å². The maximum Gasteiger partial charge on any atom is 0.262 e. The molecule has 1 amide bonds. The number of nitrogens with one attached hydrogen (secondary N) is 1. The molecular formula is C19H21Br2NO2. The van der Waals surface area contributed by atoms with Crippen LogP contribution < -0.4 is 10.1 Å². The van der Waals surface area contributed by atoms with Gasteiger partial charge < -0.3 is 10.1 Å². The number of hydrogen-bond acceptors (Lipinski definition) is 2. The molecule has 3 nitrogen and oxygen atoms in total. The normalized spacial score (nSPS) is 10.5. The lowest BCUT2D eigenvalue weighted by Crippen LogP contribution is -2.20. The fraction of sp³-hybridized carbons (Fsp3) is 0.316. The second-order valence-electron chi connectivity index (χ2n) is 5.69. The van der Waals surface area contributed by atoms with E-state index in [4.69, 9.17) is 4.74 Å². The van der Waals surface area contributed by atoms with E-state index in [2.05, 4.69) is 50.2 Å². The van der Waals surface area contributed by atoms with Crippen molar-refractivity contribution in [2.45, 2.75) is 33.1 Å². The van der Waals surface area contributed by atoms with Crippen LogP contribution in [-0.4, -0.2) is 12.5 Å². The number of unbranched alkanes of at least 4 members (excludes halogenated alkanes) is 1. The number of rotatable bonds is 7. The molecule has 0 aromatic heterocycles. The quantitative estimate of drug-likeness (QED) is 0.567. The molecule has 0 aliphatic heterocycles. The molecule has 24 heavy (non-hydrogen) atoms. The number of amides is 1. The lowest BCUT2D eigenvalue weighted by Gasteiger charge is -2.11. The van der Waals surface area contributed by atoms with E-state index < -0.39 is 0 Å². The fourth-order valence-corrected chi connectivity index (χ4v) is 3.38. The van der Waals surface area contributed by atoms with Gasteiger partial charge in [-0.1, -0.05) is 25.5 Å². The summed E-state index contributed by atoms with van der Waals surface area (Å²) in [6.45, 7) is 4.14. The molecule has 5 heteroatoms. The van der Waals surface area contributed by atoms with E-state index in [1.807, 2.05) is 37.3 Å². The summed E-state index contributed by atoms with van der Waals surface area (Å²) in [5.41, 5.74) is 3.15. The molecule has 2 aromatic rings. The van der Waals surface area contributed by atoms with Crippen molar-refractivity contribution in [2.24, 2.45) is 0 Å². The SMILES string of the molecule is CCCCc1ccc(NC(=O)COc2ccc(C)cc2Br)c(Br)c1. The number of ether oxygens (including phenoxy) is 1. The highest BCUT2D eigenvalue weighted by Crippen LogP contribution is 2.26. The van der Waals surface area contributed by atoms with E-state index in [0.717, 1.165) is 33.0 Å². The molecule has 0 aliphatic rings. The number of aryl methyl sites for hydroxylation is 2. The van der Waals surface area contributed by atoms with Gasteiger partial charge in [0.25, 0.3) is 5.91 Å². The number of anilines is 1. The van der Waals surface area contributed by atoms with Gasteiger partial charge in [-0.2, -0.15) is 0 Å². The first-order valence-electron chi connectivity index (χ1n) is 7.97. The van der Waals surface area contributed by atoms with Crippen LogP contribution >= 0.6 is 31.9 Å². The summed E-state index contributed by atoms with van der Waals surface area (Å²) in [5, 5.41) is 2.87. The van der Waals surface area contributed by atoms with Crippen LogP contribution in [0.3, 0.4) is 0 Å². The molecule has 0 unspecified atom stereocenters. The Morgan fingerprint density at radius 3 is 2.58 bits per heavy atom. The average molecular weight is 455 g/mol. The Kier molecular flexibility index (Phi) is 7.31. The van der Waals surface area contributed by atoms with Crippen LogP contribution in [-0.2, 0) is 11.2 Å². The lowest BCUT2D eigenvalue weighted by atomic mass is 10.1. The summed E-state index contributed by atoms with van der Waals surface area (Å²) in [4.78, 5) is 12.1. The average Bonchev–Trinajstić information content (AvgIpc) is 2.54. The molecule has 2 rings (SSSR count). The molecule has 0 heterocycles. The van der Waals surface area contributed by atoms with Crippen molar-refractivity contribution in [3.05, 3.63) is 56.5 Å². The van der Waals surface area contributed by atoms with E-state index in [0.29, 0.717) is 5.75 Å². The third-order valence-electron chi connectivity index (χ3n) is 3.57. The summed E-state index contributed by atoms with van der Waals surface area (Å²) in [6.07, 6.45) is 3.38. The van der Waals surface area contributed by atoms with Gasteiger partial charge in [-0.15, -0.1) is 0 Å². The molecule has 2 aromatic carbocycles. The Morgan fingerprint density at radius 2 is 1.92 bits per heavy atom. The third kappa shape index (κ3) is 5.64. The molecule has 0 saturated carbocycles. The largest absolute Gasteiger partial charge is 0.483 e. The van der Waals surface area contributed by atoms with Crippen LogP contribution in [0.5, 0.6) is 5.75 Å². The van der Waals surface area contributed by atoms with Crippen molar-refractivity contribution in [2.75, 3.05) is 11.9 Å². The first kappa shape index (κ1) is 19.0. The second-order valence-corrected chi connectivity index (χ2v) is 7.40. The van der Waals surface area contributed by atoms with E-state index in [1.165, 1.54) is 12.0 Å². The summed E-state index contributed by atoms with van der Waals surface area (Å²) in [5.74, 6) is 0.467. The van der Waals surface area contributed by atoms with Gasteiger partial charge in [0.05, 0.1) is 10.2 Å². The highest BCUT2D eigenvalue weighted by molar-refractivity contribution is 9.11. The van der Waals surface area contributed by atoms with Gasteiger partial charge >= 0.3 is 0 Å². The summed E-state index contributed by atoms with van der Waals surface area (Å²) in [6, 6.07) is 11.8. The van der Waals surface area contributed by atoms with Crippen molar-refractivity contribution in [3.63, 3.8) is 0 Å². The first-order chi connectivity index (χ1) is 11.5. The van der Waals surface area contributed by atoms with Crippen LogP contribution in [0.1, 0.15) is 30.9 Å². The predicted octanol–water partition coefficient (Wildman–Crippen LogP) is 5.88. The van der Waals surface area contributed by atoms with Gasteiger partial charge in [0.1, 0.15) is 5.75 Å².